The molecule has 2 aromatic carbocycles. The molecule has 28 heavy (non-hydrogen) atoms. The van der Waals surface area contributed by atoms with Gasteiger partial charge in [-0.3, -0.25) is 9.59 Å². The van der Waals surface area contributed by atoms with E-state index in [1.54, 1.807) is 24.3 Å². The summed E-state index contributed by atoms with van der Waals surface area (Å²) in [5.74, 6) is 0.758. The van der Waals surface area contributed by atoms with Crippen LogP contribution >= 0.6 is 0 Å². The maximum absolute atomic E-state index is 12.6. The van der Waals surface area contributed by atoms with Gasteiger partial charge in [-0.2, -0.15) is 0 Å². The smallest absolute Gasteiger partial charge is 0.265 e. The second-order valence-electron chi connectivity index (χ2n) is 7.52. The van der Waals surface area contributed by atoms with E-state index >= 15 is 0 Å². The fraction of sp³-hybridized carbons (Fsp3) is 0.364. The van der Waals surface area contributed by atoms with Gasteiger partial charge in [-0.05, 0) is 42.2 Å². The molecule has 0 spiro atoms. The summed E-state index contributed by atoms with van der Waals surface area (Å²) in [4.78, 5) is 25.1. The van der Waals surface area contributed by atoms with E-state index in [-0.39, 0.29) is 17.9 Å². The zero-order valence-electron chi connectivity index (χ0n) is 16.3. The molecule has 6 heteroatoms. The second kappa shape index (κ2) is 8.89. The Labute approximate surface area is 165 Å². The highest BCUT2D eigenvalue weighted by Gasteiger charge is 2.28. The van der Waals surface area contributed by atoms with Gasteiger partial charge >= 0.3 is 0 Å². The van der Waals surface area contributed by atoms with Crippen molar-refractivity contribution in [3.05, 3.63) is 59.7 Å². The van der Waals surface area contributed by atoms with Crippen molar-refractivity contribution in [2.45, 2.75) is 38.8 Å². The van der Waals surface area contributed by atoms with Crippen LogP contribution in [-0.2, 0) is 11.2 Å². The number of nitrogens with two attached hydrogens (primary N) is 1. The zero-order chi connectivity index (χ0) is 20.1. The van der Waals surface area contributed by atoms with Gasteiger partial charge in [0.1, 0.15) is 5.75 Å². The molecule has 0 radical (unpaired) electrons. The molecular weight excluding hydrogens is 354 g/mol. The van der Waals surface area contributed by atoms with Crippen LogP contribution in [0.5, 0.6) is 5.75 Å². The molecule has 0 aliphatic carbocycles. The van der Waals surface area contributed by atoms with E-state index in [1.807, 2.05) is 24.3 Å². The fourth-order valence-electron chi connectivity index (χ4n) is 3.34. The average Bonchev–Trinajstić information content (AvgIpc) is 3.11. The molecule has 6 nitrogen and oxygen atoms in total. The number of ether oxygens (including phenoxy) is 1. The van der Waals surface area contributed by atoms with Gasteiger partial charge in [0, 0.05) is 30.3 Å². The summed E-state index contributed by atoms with van der Waals surface area (Å²) in [5, 5.41) is 5.81. The van der Waals surface area contributed by atoms with Crippen molar-refractivity contribution in [3.8, 4) is 5.75 Å². The number of fused-ring (bicyclic) bond motifs is 1. The molecule has 2 aromatic rings. The Balaban J connectivity index is 1.62. The summed E-state index contributed by atoms with van der Waals surface area (Å²) in [6, 6.07) is 14.4. The van der Waals surface area contributed by atoms with Gasteiger partial charge < -0.3 is 21.1 Å². The van der Waals surface area contributed by atoms with Gasteiger partial charge in [0.2, 0.25) is 0 Å². The van der Waals surface area contributed by atoms with Crippen molar-refractivity contribution < 1.29 is 14.3 Å². The van der Waals surface area contributed by atoms with Crippen molar-refractivity contribution in [3.63, 3.8) is 0 Å². The summed E-state index contributed by atoms with van der Waals surface area (Å²) in [6.07, 6.45) is 0.788. The van der Waals surface area contributed by atoms with Gasteiger partial charge in [-0.25, -0.2) is 0 Å². The van der Waals surface area contributed by atoms with Crippen LogP contribution in [0.1, 0.15) is 36.2 Å². The molecule has 0 bridgehead atoms. The molecule has 4 N–H and O–H groups in total. The van der Waals surface area contributed by atoms with Gasteiger partial charge in [0.05, 0.1) is 0 Å². The number of carbonyl (C=O) groups excluding carboxylic acids is 2. The molecule has 1 heterocycles. The Morgan fingerprint density at radius 2 is 1.96 bits per heavy atom. The van der Waals surface area contributed by atoms with E-state index in [9.17, 15) is 9.59 Å². The average molecular weight is 381 g/mol. The third-order valence-electron chi connectivity index (χ3n) is 4.71. The summed E-state index contributed by atoms with van der Waals surface area (Å²) in [7, 11) is 0. The first-order valence-electron chi connectivity index (χ1n) is 9.62. The van der Waals surface area contributed by atoms with Crippen molar-refractivity contribution in [1.29, 1.82) is 0 Å². The maximum Gasteiger partial charge on any atom is 0.265 e. The quantitative estimate of drug-likeness (QED) is 0.687. The Hall–Kier alpha value is -2.86. The Kier molecular flexibility index (Phi) is 6.31. The lowest BCUT2D eigenvalue weighted by Gasteiger charge is -2.19. The number of carbonyl (C=O) groups is 2. The number of anilines is 1. The van der Waals surface area contributed by atoms with Gasteiger partial charge in [-0.1, -0.05) is 38.1 Å². The Morgan fingerprint density at radius 1 is 1.18 bits per heavy atom. The van der Waals surface area contributed by atoms with E-state index in [2.05, 4.69) is 24.5 Å². The predicted octanol–water partition coefficient (Wildman–Crippen LogP) is 2.73. The molecular formula is C22H27N3O3. The molecule has 0 saturated heterocycles. The fourth-order valence-corrected chi connectivity index (χ4v) is 3.34. The van der Waals surface area contributed by atoms with Gasteiger partial charge in [-0.15, -0.1) is 0 Å². The van der Waals surface area contributed by atoms with Crippen molar-refractivity contribution in [2.24, 2.45) is 11.7 Å². The first-order valence-corrected chi connectivity index (χ1v) is 9.62. The number of amides is 2. The van der Waals surface area contributed by atoms with Gasteiger partial charge in [0.15, 0.2) is 6.10 Å². The highest BCUT2D eigenvalue weighted by Crippen LogP contribution is 2.28. The highest BCUT2D eigenvalue weighted by molar-refractivity contribution is 5.98. The molecule has 0 fully saturated rings. The molecule has 2 unspecified atom stereocenters. The third kappa shape index (κ3) is 4.89. The lowest BCUT2D eigenvalue weighted by molar-refractivity contribution is -0.122. The lowest BCUT2D eigenvalue weighted by atomic mass is 10.0. The standard InChI is InChI=1S/C22H27N3O3/c1-14(2)10-18(13-23)25-21(26)16-7-5-8-17(11-16)24-22(27)20-12-15-6-3-4-9-19(15)28-20/h3-9,11,14,18,20H,10,12-13,23H2,1-2H3,(H,24,27)(H,25,26). The lowest BCUT2D eigenvalue weighted by Crippen LogP contribution is -2.41. The number of para-hydroxylation sites is 1. The molecule has 2 amide bonds. The monoisotopic (exact) mass is 381 g/mol. The van der Waals surface area contributed by atoms with Crippen LogP contribution in [0.25, 0.3) is 0 Å². The minimum Gasteiger partial charge on any atom is -0.480 e. The number of nitrogens with one attached hydrogen (secondary N) is 2. The zero-order valence-corrected chi connectivity index (χ0v) is 16.3. The molecule has 1 aliphatic rings. The van der Waals surface area contributed by atoms with Gasteiger partial charge in [0.25, 0.3) is 11.8 Å². The predicted molar refractivity (Wildman–Crippen MR) is 109 cm³/mol. The third-order valence-corrected chi connectivity index (χ3v) is 4.71. The number of hydrogen-bond donors (Lipinski definition) is 3. The van der Waals surface area contributed by atoms with Crippen molar-refractivity contribution in [2.75, 3.05) is 11.9 Å². The van der Waals surface area contributed by atoms with E-state index in [1.165, 1.54) is 0 Å². The first kappa shape index (κ1) is 19.9. The molecule has 3 rings (SSSR count). The van der Waals surface area contributed by atoms with E-state index < -0.39 is 6.10 Å². The van der Waals surface area contributed by atoms with E-state index in [0.717, 1.165) is 17.7 Å². The van der Waals surface area contributed by atoms with E-state index in [4.69, 9.17) is 10.5 Å². The highest BCUT2D eigenvalue weighted by atomic mass is 16.5. The minimum atomic E-state index is -0.567. The molecule has 148 valence electrons. The van der Waals surface area contributed by atoms with Crippen molar-refractivity contribution >= 4 is 17.5 Å². The number of benzene rings is 2. The Morgan fingerprint density at radius 3 is 2.68 bits per heavy atom. The molecule has 1 aliphatic heterocycles. The van der Waals surface area contributed by atoms with Crippen LogP contribution in [0.4, 0.5) is 5.69 Å². The number of hydrogen-bond acceptors (Lipinski definition) is 4. The Bertz CT molecular complexity index is 825. The first-order chi connectivity index (χ1) is 13.5. The van der Waals surface area contributed by atoms with E-state index in [0.29, 0.717) is 30.1 Å². The van der Waals surface area contributed by atoms with Crippen molar-refractivity contribution in [1.82, 2.24) is 5.32 Å². The van der Waals surface area contributed by atoms with Crippen LogP contribution in [-0.4, -0.2) is 30.5 Å². The maximum atomic E-state index is 12.6. The number of rotatable bonds is 7. The van der Waals surface area contributed by atoms with Crippen LogP contribution in [0, 0.1) is 5.92 Å². The van der Waals surface area contributed by atoms with Crippen LogP contribution in [0.2, 0.25) is 0 Å². The second-order valence-corrected chi connectivity index (χ2v) is 7.52. The summed E-state index contributed by atoms with van der Waals surface area (Å²) >= 11 is 0. The molecule has 0 saturated carbocycles. The summed E-state index contributed by atoms with van der Waals surface area (Å²) in [6.45, 7) is 4.57. The van der Waals surface area contributed by atoms with Crippen LogP contribution in [0.15, 0.2) is 48.5 Å². The largest absolute Gasteiger partial charge is 0.480 e. The van der Waals surface area contributed by atoms with Crippen LogP contribution < -0.4 is 21.1 Å². The topological polar surface area (TPSA) is 93.5 Å². The summed E-state index contributed by atoms with van der Waals surface area (Å²) < 4.78 is 5.72. The minimum absolute atomic E-state index is 0.0730. The SMILES string of the molecule is CC(C)CC(CN)NC(=O)c1cccc(NC(=O)C2Cc3ccccc3O2)c1. The summed E-state index contributed by atoms with van der Waals surface area (Å²) in [5.41, 5.74) is 7.83. The molecule has 0 aromatic heterocycles. The van der Waals surface area contributed by atoms with Crippen LogP contribution in [0.3, 0.4) is 0 Å². The molecule has 2 atom stereocenters. The normalized spacial score (nSPS) is 16.2.